The van der Waals surface area contributed by atoms with E-state index in [9.17, 15) is 9.59 Å². The van der Waals surface area contributed by atoms with Gasteiger partial charge in [0.15, 0.2) is 11.5 Å². The van der Waals surface area contributed by atoms with Gasteiger partial charge in [0.2, 0.25) is 11.8 Å². The second-order valence-electron chi connectivity index (χ2n) is 7.39. The Morgan fingerprint density at radius 3 is 2.52 bits per heavy atom. The van der Waals surface area contributed by atoms with Crippen molar-refractivity contribution in [3.05, 3.63) is 53.1 Å². The summed E-state index contributed by atoms with van der Waals surface area (Å²) in [6.45, 7) is 10.2. The fourth-order valence-corrected chi connectivity index (χ4v) is 2.79. The van der Waals surface area contributed by atoms with Crippen LogP contribution in [0.15, 0.2) is 41.5 Å². The SMILES string of the molecule is CCOc1cc(C=NNC(=O)CCC(=O)Nc2cccc(C)c2C)ccc1OC(C)C. The molecule has 7 nitrogen and oxygen atoms in total. The molecular weight excluding hydrogens is 394 g/mol. The second-order valence-corrected chi connectivity index (χ2v) is 7.39. The molecule has 0 aliphatic carbocycles. The van der Waals surface area contributed by atoms with Gasteiger partial charge >= 0.3 is 0 Å². The van der Waals surface area contributed by atoms with Crippen molar-refractivity contribution in [3.63, 3.8) is 0 Å². The van der Waals surface area contributed by atoms with Crippen molar-refractivity contribution in [1.82, 2.24) is 5.43 Å². The molecule has 0 saturated heterocycles. The van der Waals surface area contributed by atoms with Crippen molar-refractivity contribution in [1.29, 1.82) is 0 Å². The van der Waals surface area contributed by atoms with Gasteiger partial charge in [-0.15, -0.1) is 0 Å². The number of hydrazone groups is 1. The van der Waals surface area contributed by atoms with E-state index in [0.717, 1.165) is 22.4 Å². The molecule has 166 valence electrons. The van der Waals surface area contributed by atoms with E-state index in [1.165, 1.54) is 6.21 Å². The van der Waals surface area contributed by atoms with E-state index in [1.54, 1.807) is 6.07 Å². The van der Waals surface area contributed by atoms with E-state index >= 15 is 0 Å². The lowest BCUT2D eigenvalue weighted by atomic mass is 10.1. The molecule has 0 aliphatic heterocycles. The number of anilines is 1. The maximum atomic E-state index is 12.1. The fraction of sp³-hybridized carbons (Fsp3) is 0.375. The molecule has 0 unspecified atom stereocenters. The van der Waals surface area contributed by atoms with Crippen LogP contribution in [0, 0.1) is 13.8 Å². The quantitative estimate of drug-likeness (QED) is 0.437. The van der Waals surface area contributed by atoms with Crippen LogP contribution in [-0.4, -0.2) is 30.7 Å². The van der Waals surface area contributed by atoms with Crippen molar-refractivity contribution in [3.8, 4) is 11.5 Å². The molecule has 2 N–H and O–H groups in total. The Balaban J connectivity index is 1.85. The Morgan fingerprint density at radius 1 is 1.06 bits per heavy atom. The Kier molecular flexibility index (Phi) is 9.06. The summed E-state index contributed by atoms with van der Waals surface area (Å²) in [5.41, 5.74) is 6.08. The minimum absolute atomic E-state index is 0.0324. The lowest BCUT2D eigenvalue weighted by Gasteiger charge is -2.14. The summed E-state index contributed by atoms with van der Waals surface area (Å²) in [5, 5.41) is 6.81. The van der Waals surface area contributed by atoms with Crippen LogP contribution in [0.1, 0.15) is 50.3 Å². The van der Waals surface area contributed by atoms with Gasteiger partial charge in [0.05, 0.1) is 18.9 Å². The van der Waals surface area contributed by atoms with Gasteiger partial charge in [-0.3, -0.25) is 9.59 Å². The second kappa shape index (κ2) is 11.7. The van der Waals surface area contributed by atoms with Crippen LogP contribution >= 0.6 is 0 Å². The molecule has 0 spiro atoms. The van der Waals surface area contributed by atoms with Gasteiger partial charge in [-0.1, -0.05) is 12.1 Å². The number of hydrogen-bond acceptors (Lipinski definition) is 5. The first-order valence-electron chi connectivity index (χ1n) is 10.4. The van der Waals surface area contributed by atoms with Crippen molar-refractivity contribution in [2.75, 3.05) is 11.9 Å². The van der Waals surface area contributed by atoms with Gasteiger partial charge in [0.25, 0.3) is 0 Å². The minimum Gasteiger partial charge on any atom is -0.490 e. The van der Waals surface area contributed by atoms with Crippen LogP contribution in [0.3, 0.4) is 0 Å². The molecule has 0 heterocycles. The number of nitrogens with one attached hydrogen (secondary N) is 2. The number of aryl methyl sites for hydroxylation is 1. The van der Waals surface area contributed by atoms with E-state index in [1.807, 2.05) is 65.0 Å². The van der Waals surface area contributed by atoms with E-state index in [4.69, 9.17) is 9.47 Å². The normalized spacial score (nSPS) is 10.9. The highest BCUT2D eigenvalue weighted by Gasteiger charge is 2.10. The average Bonchev–Trinajstić information content (AvgIpc) is 2.71. The van der Waals surface area contributed by atoms with Crippen LogP contribution in [0.25, 0.3) is 0 Å². The summed E-state index contributed by atoms with van der Waals surface area (Å²) < 4.78 is 11.3. The average molecular weight is 426 g/mol. The van der Waals surface area contributed by atoms with Crippen LogP contribution in [0.5, 0.6) is 11.5 Å². The third kappa shape index (κ3) is 7.77. The summed E-state index contributed by atoms with van der Waals surface area (Å²) in [6.07, 6.45) is 1.67. The van der Waals surface area contributed by atoms with Gasteiger partial charge in [0.1, 0.15) is 0 Å². The number of rotatable bonds is 10. The highest BCUT2D eigenvalue weighted by Crippen LogP contribution is 2.29. The maximum Gasteiger partial charge on any atom is 0.240 e. The zero-order valence-corrected chi connectivity index (χ0v) is 18.8. The molecule has 0 atom stereocenters. The molecule has 2 rings (SSSR count). The Bertz CT molecular complexity index is 938. The summed E-state index contributed by atoms with van der Waals surface area (Å²) in [4.78, 5) is 24.1. The first kappa shape index (κ1) is 23.9. The molecule has 0 aromatic heterocycles. The summed E-state index contributed by atoms with van der Waals surface area (Å²) in [5.74, 6) is 0.731. The number of nitrogens with zero attached hydrogens (tertiary/aromatic N) is 1. The molecule has 31 heavy (non-hydrogen) atoms. The molecule has 0 saturated carbocycles. The number of carbonyl (C=O) groups excluding carboxylic acids is 2. The zero-order valence-electron chi connectivity index (χ0n) is 18.8. The number of ether oxygens (including phenoxy) is 2. The Hall–Kier alpha value is -3.35. The third-order valence-electron chi connectivity index (χ3n) is 4.49. The van der Waals surface area contributed by atoms with Crippen molar-refractivity contribution < 1.29 is 19.1 Å². The fourth-order valence-electron chi connectivity index (χ4n) is 2.79. The van der Waals surface area contributed by atoms with Crippen molar-refractivity contribution in [2.45, 2.75) is 53.6 Å². The predicted molar refractivity (Wildman–Crippen MR) is 123 cm³/mol. The molecule has 0 fully saturated rings. The van der Waals surface area contributed by atoms with Gasteiger partial charge in [-0.25, -0.2) is 5.43 Å². The first-order valence-corrected chi connectivity index (χ1v) is 10.4. The maximum absolute atomic E-state index is 12.1. The predicted octanol–water partition coefficient (Wildman–Crippen LogP) is 4.36. The van der Waals surface area contributed by atoms with Crippen LogP contribution in [0.4, 0.5) is 5.69 Å². The first-order chi connectivity index (χ1) is 14.8. The monoisotopic (exact) mass is 425 g/mol. The van der Waals surface area contributed by atoms with Crippen LogP contribution in [-0.2, 0) is 9.59 Å². The van der Waals surface area contributed by atoms with Gasteiger partial charge in [-0.05, 0) is 75.6 Å². The topological polar surface area (TPSA) is 89.0 Å². The molecule has 2 amide bonds. The smallest absolute Gasteiger partial charge is 0.240 e. The number of hydrogen-bond donors (Lipinski definition) is 2. The van der Waals surface area contributed by atoms with E-state index < -0.39 is 0 Å². The van der Waals surface area contributed by atoms with Crippen molar-refractivity contribution in [2.24, 2.45) is 5.10 Å². The molecule has 0 radical (unpaired) electrons. The lowest BCUT2D eigenvalue weighted by Crippen LogP contribution is -2.21. The number of amides is 2. The van der Waals surface area contributed by atoms with Crippen LogP contribution < -0.4 is 20.2 Å². The standard InChI is InChI=1S/C24H31N3O4/c1-6-30-22-14-19(10-11-21(22)31-16(2)3)15-25-27-24(29)13-12-23(28)26-20-9-7-8-17(4)18(20)5/h7-11,14-16H,6,12-13H2,1-5H3,(H,26,28)(H,27,29). The van der Waals surface area contributed by atoms with E-state index in [0.29, 0.717) is 18.1 Å². The third-order valence-corrected chi connectivity index (χ3v) is 4.49. The lowest BCUT2D eigenvalue weighted by molar-refractivity contribution is -0.124. The Labute approximate surface area is 183 Å². The highest BCUT2D eigenvalue weighted by molar-refractivity contribution is 5.94. The molecule has 7 heteroatoms. The summed E-state index contributed by atoms with van der Waals surface area (Å²) >= 11 is 0. The van der Waals surface area contributed by atoms with E-state index in [2.05, 4.69) is 15.8 Å². The van der Waals surface area contributed by atoms with Crippen LogP contribution in [0.2, 0.25) is 0 Å². The van der Waals surface area contributed by atoms with E-state index in [-0.39, 0.29) is 30.8 Å². The molecule has 2 aromatic carbocycles. The summed E-state index contributed by atoms with van der Waals surface area (Å²) in [7, 11) is 0. The van der Waals surface area contributed by atoms with Crippen molar-refractivity contribution >= 4 is 23.7 Å². The molecular formula is C24H31N3O4. The highest BCUT2D eigenvalue weighted by atomic mass is 16.5. The molecule has 0 bridgehead atoms. The summed E-state index contributed by atoms with van der Waals surface area (Å²) in [6, 6.07) is 11.2. The zero-order chi connectivity index (χ0) is 22.8. The minimum atomic E-state index is -0.336. The van der Waals surface area contributed by atoms with Gasteiger partial charge in [-0.2, -0.15) is 5.10 Å². The van der Waals surface area contributed by atoms with Gasteiger partial charge < -0.3 is 14.8 Å². The largest absolute Gasteiger partial charge is 0.490 e. The Morgan fingerprint density at radius 2 is 1.81 bits per heavy atom. The van der Waals surface area contributed by atoms with Gasteiger partial charge in [0, 0.05) is 18.5 Å². The number of carbonyl (C=O) groups is 2. The molecule has 2 aromatic rings. The molecule has 0 aliphatic rings. The number of benzene rings is 2.